The van der Waals surface area contributed by atoms with Crippen molar-refractivity contribution in [2.75, 3.05) is 33.0 Å². The number of hydrogen-bond acceptors (Lipinski definition) is 6. The van der Waals surface area contributed by atoms with Gasteiger partial charge in [0.05, 0.1) is 50.7 Å². The molecule has 0 saturated carbocycles. The lowest BCUT2D eigenvalue weighted by atomic mass is 9.92. The Kier molecular flexibility index (Phi) is 21.1. The number of aliphatic hydroxyl groups excluding tert-OH is 5. The van der Waals surface area contributed by atoms with E-state index < -0.39 is 11.5 Å². The maximum atomic E-state index is 9.78. The molecule has 0 rings (SSSR count). The number of hydrogen-bond donors (Lipinski definition) is 5. The van der Waals surface area contributed by atoms with Crippen molar-refractivity contribution in [1.29, 1.82) is 0 Å². The summed E-state index contributed by atoms with van der Waals surface area (Å²) < 4.78 is 5.82. The lowest BCUT2D eigenvalue weighted by molar-refractivity contribution is -0.0920. The van der Waals surface area contributed by atoms with Crippen LogP contribution in [0.1, 0.15) is 110 Å². The van der Waals surface area contributed by atoms with Gasteiger partial charge in [0, 0.05) is 6.42 Å². The predicted octanol–water partition coefficient (Wildman–Crippen LogP) is 4.20. The first kappa shape index (κ1) is 31.8. The van der Waals surface area contributed by atoms with Crippen molar-refractivity contribution < 1.29 is 30.3 Å². The average Bonchev–Trinajstić information content (AvgIpc) is 2.79. The van der Waals surface area contributed by atoms with Gasteiger partial charge >= 0.3 is 0 Å². The second kappa shape index (κ2) is 21.3. The lowest BCUT2D eigenvalue weighted by Gasteiger charge is -2.30. The van der Waals surface area contributed by atoms with Crippen molar-refractivity contribution in [3.63, 3.8) is 0 Å². The summed E-state index contributed by atoms with van der Waals surface area (Å²) in [4.78, 5) is 0. The SMILES string of the molecule is CC(C)CCCCCCCCCCCCCCC(CC(O)CO)OCC(CO)(CO)CO. The van der Waals surface area contributed by atoms with Crippen LogP contribution in [0.4, 0.5) is 0 Å². The molecule has 0 saturated heterocycles. The van der Waals surface area contributed by atoms with Crippen LogP contribution in [0.15, 0.2) is 0 Å². The van der Waals surface area contributed by atoms with Crippen LogP contribution < -0.4 is 0 Å². The Bertz CT molecular complexity index is 378. The number of ether oxygens (including phenoxy) is 1. The highest BCUT2D eigenvalue weighted by Crippen LogP contribution is 2.21. The van der Waals surface area contributed by atoms with E-state index in [-0.39, 0.29) is 39.1 Å². The molecule has 32 heavy (non-hydrogen) atoms. The Morgan fingerprint density at radius 2 is 1.03 bits per heavy atom. The van der Waals surface area contributed by atoms with Crippen molar-refractivity contribution >= 4 is 0 Å². The van der Waals surface area contributed by atoms with Gasteiger partial charge in [-0.25, -0.2) is 0 Å². The average molecular weight is 463 g/mol. The van der Waals surface area contributed by atoms with Gasteiger partial charge in [-0.1, -0.05) is 97.3 Å². The number of unbranched alkanes of at least 4 members (excludes halogenated alkanes) is 11. The minimum absolute atomic E-state index is 0.0248. The first-order chi connectivity index (χ1) is 15.4. The van der Waals surface area contributed by atoms with Gasteiger partial charge in [-0.15, -0.1) is 0 Å². The smallest absolute Gasteiger partial charge is 0.0795 e. The molecule has 0 aromatic heterocycles. The zero-order valence-corrected chi connectivity index (χ0v) is 21.0. The van der Waals surface area contributed by atoms with Crippen LogP contribution in [0.3, 0.4) is 0 Å². The molecular formula is C26H54O6. The summed E-state index contributed by atoms with van der Waals surface area (Å²) in [5.41, 5.74) is -1.07. The summed E-state index contributed by atoms with van der Waals surface area (Å²) in [7, 11) is 0. The summed E-state index contributed by atoms with van der Waals surface area (Å²) in [5, 5.41) is 47.2. The summed E-state index contributed by atoms with van der Waals surface area (Å²) in [6, 6.07) is 0. The van der Waals surface area contributed by atoms with Crippen LogP contribution in [-0.2, 0) is 4.74 Å². The van der Waals surface area contributed by atoms with Gasteiger partial charge < -0.3 is 30.3 Å². The molecule has 0 amide bonds. The van der Waals surface area contributed by atoms with E-state index in [1.165, 1.54) is 70.6 Å². The summed E-state index contributed by atoms with van der Waals surface area (Å²) in [6.45, 7) is 3.20. The van der Waals surface area contributed by atoms with E-state index in [1.807, 2.05) is 0 Å². The first-order valence-electron chi connectivity index (χ1n) is 13.2. The molecule has 6 nitrogen and oxygen atoms in total. The quantitative estimate of drug-likeness (QED) is 0.138. The Balaban J connectivity index is 3.83. The minimum Gasteiger partial charge on any atom is -0.396 e. The fourth-order valence-electron chi connectivity index (χ4n) is 3.92. The van der Waals surface area contributed by atoms with Crippen molar-refractivity contribution in [1.82, 2.24) is 0 Å². The highest BCUT2D eigenvalue weighted by Gasteiger charge is 2.30. The van der Waals surface area contributed by atoms with Gasteiger partial charge in [0.2, 0.25) is 0 Å². The second-order valence-corrected chi connectivity index (χ2v) is 10.2. The lowest BCUT2D eigenvalue weighted by Crippen LogP contribution is -2.40. The van der Waals surface area contributed by atoms with Crippen LogP contribution in [0.25, 0.3) is 0 Å². The molecule has 2 unspecified atom stereocenters. The highest BCUT2D eigenvalue weighted by molar-refractivity contribution is 4.78. The van der Waals surface area contributed by atoms with E-state index in [1.54, 1.807) is 0 Å². The number of rotatable bonds is 24. The van der Waals surface area contributed by atoms with Gasteiger partial charge in [0.25, 0.3) is 0 Å². The molecule has 0 aliphatic heterocycles. The third kappa shape index (κ3) is 17.3. The third-order valence-electron chi connectivity index (χ3n) is 6.43. The van der Waals surface area contributed by atoms with E-state index >= 15 is 0 Å². The summed E-state index contributed by atoms with van der Waals surface area (Å²) in [6.07, 6.45) is 16.7. The van der Waals surface area contributed by atoms with Gasteiger partial charge in [-0.2, -0.15) is 0 Å². The molecule has 0 aliphatic rings. The molecule has 0 aliphatic carbocycles. The topological polar surface area (TPSA) is 110 Å². The van der Waals surface area contributed by atoms with Crippen LogP contribution in [-0.4, -0.2) is 70.8 Å². The van der Waals surface area contributed by atoms with Gasteiger partial charge in [0.1, 0.15) is 0 Å². The Hall–Kier alpha value is -0.240. The van der Waals surface area contributed by atoms with Crippen LogP contribution >= 0.6 is 0 Å². The summed E-state index contributed by atoms with van der Waals surface area (Å²) >= 11 is 0. The minimum atomic E-state index is -1.07. The fourth-order valence-corrected chi connectivity index (χ4v) is 3.92. The van der Waals surface area contributed by atoms with Crippen molar-refractivity contribution in [3.05, 3.63) is 0 Å². The van der Waals surface area contributed by atoms with E-state index in [2.05, 4.69) is 13.8 Å². The van der Waals surface area contributed by atoms with Crippen LogP contribution in [0, 0.1) is 11.3 Å². The molecule has 2 atom stereocenters. The highest BCUT2D eigenvalue weighted by atomic mass is 16.5. The zero-order valence-electron chi connectivity index (χ0n) is 21.0. The zero-order chi connectivity index (χ0) is 24.1. The standard InChI is InChI=1S/C26H54O6/c1-23(2)15-13-11-9-7-5-3-4-6-8-10-12-14-16-25(17-24(31)18-27)32-22-26(19-28,20-29)21-30/h23-25,27-31H,3-22H2,1-2H3. The largest absolute Gasteiger partial charge is 0.396 e. The molecule has 0 radical (unpaired) electrons. The van der Waals surface area contributed by atoms with Crippen molar-refractivity contribution in [3.8, 4) is 0 Å². The molecule has 0 fully saturated rings. The van der Waals surface area contributed by atoms with Crippen molar-refractivity contribution in [2.45, 2.75) is 122 Å². The van der Waals surface area contributed by atoms with E-state index in [0.29, 0.717) is 6.42 Å². The first-order valence-corrected chi connectivity index (χ1v) is 13.2. The molecule has 0 bridgehead atoms. The maximum Gasteiger partial charge on any atom is 0.0795 e. The normalized spacial score (nSPS) is 14.2. The molecule has 0 heterocycles. The van der Waals surface area contributed by atoms with E-state index in [0.717, 1.165) is 25.2 Å². The van der Waals surface area contributed by atoms with Gasteiger partial charge in [0.15, 0.2) is 0 Å². The molecule has 6 heteroatoms. The molecule has 0 aromatic carbocycles. The van der Waals surface area contributed by atoms with Crippen LogP contribution in [0.2, 0.25) is 0 Å². The molecule has 5 N–H and O–H groups in total. The van der Waals surface area contributed by atoms with E-state index in [9.17, 15) is 20.4 Å². The van der Waals surface area contributed by atoms with Crippen molar-refractivity contribution in [2.24, 2.45) is 11.3 Å². The molecule has 194 valence electrons. The Morgan fingerprint density at radius 1 is 0.625 bits per heavy atom. The monoisotopic (exact) mass is 462 g/mol. The Labute approximate surface area is 197 Å². The summed E-state index contributed by atoms with van der Waals surface area (Å²) in [5.74, 6) is 0.837. The number of aliphatic hydroxyl groups is 5. The predicted molar refractivity (Wildman–Crippen MR) is 131 cm³/mol. The second-order valence-electron chi connectivity index (χ2n) is 10.2. The van der Waals surface area contributed by atoms with Gasteiger partial charge in [-0.05, 0) is 12.3 Å². The Morgan fingerprint density at radius 3 is 1.41 bits per heavy atom. The fraction of sp³-hybridized carbons (Fsp3) is 1.00. The van der Waals surface area contributed by atoms with Crippen LogP contribution in [0.5, 0.6) is 0 Å². The molecular weight excluding hydrogens is 408 g/mol. The molecule has 0 spiro atoms. The van der Waals surface area contributed by atoms with E-state index in [4.69, 9.17) is 9.84 Å². The van der Waals surface area contributed by atoms with Gasteiger partial charge in [-0.3, -0.25) is 0 Å². The third-order valence-corrected chi connectivity index (χ3v) is 6.43. The maximum absolute atomic E-state index is 9.78. The molecule has 0 aromatic rings.